The van der Waals surface area contributed by atoms with Crippen molar-refractivity contribution in [2.45, 2.75) is 26.2 Å². The molecule has 0 aromatic heterocycles. The molecule has 9 heteroatoms. The Kier molecular flexibility index (Phi) is 7.77. The molecule has 0 saturated heterocycles. The summed E-state index contributed by atoms with van der Waals surface area (Å²) in [5.74, 6) is -0.327. The summed E-state index contributed by atoms with van der Waals surface area (Å²) < 4.78 is 19.0. The van der Waals surface area contributed by atoms with E-state index in [1.54, 1.807) is 31.1 Å². The van der Waals surface area contributed by atoms with Crippen molar-refractivity contribution < 1.29 is 23.8 Å². The van der Waals surface area contributed by atoms with Crippen molar-refractivity contribution in [3.63, 3.8) is 0 Å². The van der Waals surface area contributed by atoms with Crippen molar-refractivity contribution in [2.24, 2.45) is 0 Å². The molecule has 0 fully saturated rings. The summed E-state index contributed by atoms with van der Waals surface area (Å²) in [5.41, 5.74) is 1.06. The molecule has 2 amide bonds. The van der Waals surface area contributed by atoms with Gasteiger partial charge in [0.15, 0.2) is 0 Å². The number of aliphatic hydroxyl groups is 1. The minimum absolute atomic E-state index is 0.0309. The molecule has 0 radical (unpaired) electrons. The van der Waals surface area contributed by atoms with Crippen LogP contribution in [0.15, 0.2) is 35.8 Å². The average Bonchev–Trinajstić information content (AvgIpc) is 3.04. The van der Waals surface area contributed by atoms with Crippen molar-refractivity contribution >= 4 is 12.3 Å². The summed E-state index contributed by atoms with van der Waals surface area (Å²) in [6, 6.07) is 5.98. The van der Waals surface area contributed by atoms with E-state index < -0.39 is 6.35 Å². The molecule has 0 bridgehead atoms. The van der Waals surface area contributed by atoms with Gasteiger partial charge in [-0.3, -0.25) is 9.59 Å². The molecule has 154 valence electrons. The molecule has 8 nitrogen and oxygen atoms in total. The van der Waals surface area contributed by atoms with Gasteiger partial charge in [0.2, 0.25) is 12.8 Å². The average molecular weight is 394 g/mol. The maximum atomic E-state index is 13.3. The normalized spacial score (nSPS) is 16.2. The SMILES string of the molecule is CCOC1NC(N(C)C=O)=C(C(=O)N(C)CCCO)N1Cc1ccc(F)cc1. The van der Waals surface area contributed by atoms with E-state index in [2.05, 4.69) is 5.32 Å². The molecule has 1 unspecified atom stereocenters. The Balaban J connectivity index is 2.40. The molecule has 1 aliphatic heterocycles. The Bertz CT molecular complexity index is 710. The van der Waals surface area contributed by atoms with Crippen LogP contribution in [-0.4, -0.2) is 72.3 Å². The van der Waals surface area contributed by atoms with Crippen molar-refractivity contribution in [1.82, 2.24) is 20.0 Å². The highest BCUT2D eigenvalue weighted by Gasteiger charge is 2.38. The first-order valence-corrected chi connectivity index (χ1v) is 9.10. The third-order valence-electron chi connectivity index (χ3n) is 4.36. The Morgan fingerprint density at radius 1 is 1.36 bits per heavy atom. The molecule has 0 aliphatic carbocycles. The van der Waals surface area contributed by atoms with Gasteiger partial charge in [-0.25, -0.2) is 4.39 Å². The van der Waals surface area contributed by atoms with Crippen LogP contribution in [0.25, 0.3) is 0 Å². The van der Waals surface area contributed by atoms with Gasteiger partial charge < -0.3 is 29.9 Å². The van der Waals surface area contributed by atoms with Crippen LogP contribution in [0.4, 0.5) is 4.39 Å². The second-order valence-electron chi connectivity index (χ2n) is 6.42. The van der Waals surface area contributed by atoms with E-state index in [0.29, 0.717) is 31.8 Å². The third-order valence-corrected chi connectivity index (χ3v) is 4.36. The quantitative estimate of drug-likeness (QED) is 0.567. The molecule has 28 heavy (non-hydrogen) atoms. The van der Waals surface area contributed by atoms with E-state index in [4.69, 9.17) is 9.84 Å². The zero-order chi connectivity index (χ0) is 20.7. The molecule has 0 saturated carbocycles. The number of amides is 2. The van der Waals surface area contributed by atoms with Crippen LogP contribution in [0.3, 0.4) is 0 Å². The number of ether oxygens (including phenoxy) is 1. The summed E-state index contributed by atoms with van der Waals surface area (Å²) in [7, 11) is 3.17. The lowest BCUT2D eigenvalue weighted by Gasteiger charge is -2.29. The molecule has 1 heterocycles. The number of hydrogen-bond acceptors (Lipinski definition) is 6. The number of aliphatic hydroxyl groups excluding tert-OH is 1. The fraction of sp³-hybridized carbons (Fsp3) is 0.474. The van der Waals surface area contributed by atoms with E-state index >= 15 is 0 Å². The topological polar surface area (TPSA) is 85.3 Å². The number of carbonyl (C=O) groups is 2. The summed E-state index contributed by atoms with van der Waals surface area (Å²) in [6.07, 6.45) is 0.389. The number of hydrogen-bond donors (Lipinski definition) is 2. The van der Waals surface area contributed by atoms with Gasteiger partial charge >= 0.3 is 0 Å². The van der Waals surface area contributed by atoms with Crippen LogP contribution in [0.5, 0.6) is 0 Å². The number of benzene rings is 1. The van der Waals surface area contributed by atoms with Crippen LogP contribution in [0.1, 0.15) is 18.9 Å². The molecule has 0 spiro atoms. The Morgan fingerprint density at radius 2 is 2.04 bits per heavy atom. The van der Waals surface area contributed by atoms with E-state index in [9.17, 15) is 14.0 Å². The molecule has 2 N–H and O–H groups in total. The summed E-state index contributed by atoms with van der Waals surface area (Å²) >= 11 is 0. The first-order chi connectivity index (χ1) is 13.4. The van der Waals surface area contributed by atoms with Crippen molar-refractivity contribution in [3.05, 3.63) is 47.2 Å². The van der Waals surface area contributed by atoms with Crippen LogP contribution in [-0.2, 0) is 20.9 Å². The second-order valence-corrected chi connectivity index (χ2v) is 6.42. The van der Waals surface area contributed by atoms with E-state index in [-0.39, 0.29) is 30.6 Å². The zero-order valence-electron chi connectivity index (χ0n) is 16.4. The number of nitrogens with one attached hydrogen (secondary N) is 1. The molecule has 1 aliphatic rings. The van der Waals surface area contributed by atoms with Crippen LogP contribution in [0.2, 0.25) is 0 Å². The fourth-order valence-corrected chi connectivity index (χ4v) is 2.89. The van der Waals surface area contributed by atoms with Gasteiger partial charge in [0.25, 0.3) is 5.91 Å². The van der Waals surface area contributed by atoms with Crippen LogP contribution < -0.4 is 5.32 Å². The highest BCUT2D eigenvalue weighted by molar-refractivity contribution is 5.94. The van der Waals surface area contributed by atoms with Gasteiger partial charge in [0.05, 0.1) is 0 Å². The smallest absolute Gasteiger partial charge is 0.273 e. The first kappa shape index (κ1) is 21.6. The molecule has 2 rings (SSSR count). The number of rotatable bonds is 10. The lowest BCUT2D eigenvalue weighted by atomic mass is 10.2. The summed E-state index contributed by atoms with van der Waals surface area (Å²) in [4.78, 5) is 29.0. The molecular formula is C19H27FN4O4. The molecule has 1 aromatic carbocycles. The minimum Gasteiger partial charge on any atom is -0.396 e. The Hall–Kier alpha value is -2.65. The Labute approximate surface area is 164 Å². The molecule has 1 atom stereocenters. The Morgan fingerprint density at radius 3 is 2.61 bits per heavy atom. The predicted octanol–water partition coefficient (Wildman–Crippen LogP) is 0.649. The predicted molar refractivity (Wildman–Crippen MR) is 101 cm³/mol. The monoisotopic (exact) mass is 394 g/mol. The van der Waals surface area contributed by atoms with Gasteiger partial charge in [-0.1, -0.05) is 12.1 Å². The highest BCUT2D eigenvalue weighted by Crippen LogP contribution is 2.26. The second kappa shape index (κ2) is 10.0. The van der Waals surface area contributed by atoms with Crippen molar-refractivity contribution in [2.75, 3.05) is 33.9 Å². The summed E-state index contributed by atoms with van der Waals surface area (Å²) in [6.45, 7) is 2.83. The van der Waals surface area contributed by atoms with Crippen molar-refractivity contribution in [1.29, 1.82) is 0 Å². The maximum absolute atomic E-state index is 13.3. The first-order valence-electron chi connectivity index (χ1n) is 9.10. The summed E-state index contributed by atoms with van der Waals surface area (Å²) in [5, 5.41) is 12.1. The number of likely N-dealkylation sites (N-methyl/N-ethyl adjacent to an activating group) is 1. The van der Waals surface area contributed by atoms with E-state index in [1.165, 1.54) is 21.9 Å². The molecular weight excluding hydrogens is 367 g/mol. The van der Waals surface area contributed by atoms with E-state index in [0.717, 1.165) is 5.56 Å². The van der Waals surface area contributed by atoms with Gasteiger partial charge in [0.1, 0.15) is 17.3 Å². The standard InChI is InChI=1S/C19H27FN4O4/c1-4-28-19-21-17(23(3)13-26)16(18(27)22(2)10-5-11-25)24(19)12-14-6-8-15(20)9-7-14/h6-9,13,19,21,25H,4-5,10-12H2,1-3H3. The van der Waals surface area contributed by atoms with Crippen LogP contribution >= 0.6 is 0 Å². The van der Waals surface area contributed by atoms with Gasteiger partial charge in [-0.2, -0.15) is 0 Å². The number of carbonyl (C=O) groups excluding carboxylic acids is 2. The fourth-order valence-electron chi connectivity index (χ4n) is 2.89. The number of halogens is 1. The largest absolute Gasteiger partial charge is 0.396 e. The maximum Gasteiger partial charge on any atom is 0.273 e. The molecule has 1 aromatic rings. The minimum atomic E-state index is -0.655. The van der Waals surface area contributed by atoms with Gasteiger partial charge in [-0.05, 0) is 31.0 Å². The third kappa shape index (κ3) is 4.99. The lowest BCUT2D eigenvalue weighted by molar-refractivity contribution is -0.130. The highest BCUT2D eigenvalue weighted by atomic mass is 19.1. The van der Waals surface area contributed by atoms with Gasteiger partial charge in [-0.15, -0.1) is 0 Å². The lowest BCUT2D eigenvalue weighted by Crippen LogP contribution is -2.42. The van der Waals surface area contributed by atoms with Crippen molar-refractivity contribution in [3.8, 4) is 0 Å². The number of nitrogens with zero attached hydrogens (tertiary/aromatic N) is 3. The van der Waals surface area contributed by atoms with E-state index in [1.807, 2.05) is 6.92 Å². The van der Waals surface area contributed by atoms with Crippen LogP contribution in [0, 0.1) is 5.82 Å². The van der Waals surface area contributed by atoms with Gasteiger partial charge in [0, 0.05) is 40.4 Å². The zero-order valence-corrected chi connectivity index (χ0v) is 16.4.